The average Bonchev–Trinajstić information content (AvgIpc) is 3.28. The molecule has 1 atom stereocenters. The molecule has 0 N–H and O–H groups in total. The molecule has 4 nitrogen and oxygen atoms in total. The first-order chi connectivity index (χ1) is 11.8. The predicted octanol–water partition coefficient (Wildman–Crippen LogP) is 2.88. The van der Waals surface area contributed by atoms with Crippen LogP contribution in [0.1, 0.15) is 25.7 Å². The van der Waals surface area contributed by atoms with Gasteiger partial charge in [-0.1, -0.05) is 18.2 Å². The highest BCUT2D eigenvalue weighted by Crippen LogP contribution is 2.20. The molecule has 2 aliphatic heterocycles. The molecule has 1 aromatic rings. The number of hydrogen-bond donors (Lipinski definition) is 0. The maximum Gasteiger partial charge on any atom is 0.223 e. The summed E-state index contributed by atoms with van der Waals surface area (Å²) < 4.78 is 5.98. The van der Waals surface area contributed by atoms with Crippen LogP contribution in [-0.4, -0.2) is 66.9 Å². The third kappa shape index (κ3) is 5.50. The van der Waals surface area contributed by atoms with E-state index in [9.17, 15) is 4.79 Å². The van der Waals surface area contributed by atoms with Crippen LogP contribution in [-0.2, 0) is 9.53 Å². The van der Waals surface area contributed by atoms with Crippen LogP contribution in [0.4, 0.5) is 0 Å². The molecule has 0 bridgehead atoms. The van der Waals surface area contributed by atoms with Gasteiger partial charge in [-0.05, 0) is 44.5 Å². The number of carbonyl (C=O) groups excluding carboxylic acids is 1. The van der Waals surface area contributed by atoms with Crippen molar-refractivity contribution >= 4 is 17.7 Å². The quantitative estimate of drug-likeness (QED) is 0.676. The van der Waals surface area contributed by atoms with E-state index in [1.54, 1.807) is 11.8 Å². The van der Waals surface area contributed by atoms with Crippen LogP contribution in [0, 0.1) is 0 Å². The van der Waals surface area contributed by atoms with E-state index in [4.69, 9.17) is 4.74 Å². The van der Waals surface area contributed by atoms with E-state index in [0.717, 1.165) is 38.4 Å². The van der Waals surface area contributed by atoms with E-state index in [0.29, 0.717) is 6.42 Å². The number of likely N-dealkylation sites (tertiary alicyclic amines) is 2. The van der Waals surface area contributed by atoms with Gasteiger partial charge in [0.15, 0.2) is 0 Å². The molecule has 0 aromatic heterocycles. The lowest BCUT2D eigenvalue weighted by molar-refractivity contribution is -0.130. The van der Waals surface area contributed by atoms with E-state index >= 15 is 0 Å². The van der Waals surface area contributed by atoms with Gasteiger partial charge in [-0.25, -0.2) is 0 Å². The first kappa shape index (κ1) is 17.8. The molecule has 0 unspecified atom stereocenters. The molecular weight excluding hydrogens is 320 g/mol. The summed E-state index contributed by atoms with van der Waals surface area (Å²) in [5.74, 6) is 1.11. The van der Waals surface area contributed by atoms with Gasteiger partial charge in [-0.2, -0.15) is 0 Å². The van der Waals surface area contributed by atoms with Crippen LogP contribution >= 0.6 is 11.8 Å². The molecule has 0 aliphatic carbocycles. The molecule has 1 aromatic carbocycles. The minimum atomic E-state index is 0.235. The van der Waals surface area contributed by atoms with E-state index in [1.807, 2.05) is 23.1 Å². The van der Waals surface area contributed by atoms with Gasteiger partial charge in [0.1, 0.15) is 0 Å². The van der Waals surface area contributed by atoms with Crippen molar-refractivity contribution in [2.45, 2.75) is 36.7 Å². The summed E-state index contributed by atoms with van der Waals surface area (Å²) in [5.41, 5.74) is 0. The van der Waals surface area contributed by atoms with Crippen molar-refractivity contribution in [1.29, 1.82) is 0 Å². The fourth-order valence-electron chi connectivity index (χ4n) is 3.38. The van der Waals surface area contributed by atoms with Gasteiger partial charge < -0.3 is 14.5 Å². The molecule has 0 spiro atoms. The second-order valence-corrected chi connectivity index (χ2v) is 7.75. The van der Waals surface area contributed by atoms with Crippen LogP contribution in [0.25, 0.3) is 0 Å². The van der Waals surface area contributed by atoms with Crippen LogP contribution in [0.15, 0.2) is 35.2 Å². The molecule has 2 saturated heterocycles. The highest BCUT2D eigenvalue weighted by Gasteiger charge is 2.26. The number of amides is 1. The normalized spacial score (nSPS) is 21.5. The zero-order chi connectivity index (χ0) is 16.6. The molecule has 2 fully saturated rings. The Morgan fingerprint density at radius 3 is 2.75 bits per heavy atom. The second-order valence-electron chi connectivity index (χ2n) is 6.58. The fourth-order valence-corrected chi connectivity index (χ4v) is 4.24. The van der Waals surface area contributed by atoms with E-state index in [-0.39, 0.29) is 12.0 Å². The van der Waals surface area contributed by atoms with Crippen LogP contribution < -0.4 is 0 Å². The Labute approximate surface area is 149 Å². The topological polar surface area (TPSA) is 32.8 Å². The Morgan fingerprint density at radius 2 is 1.96 bits per heavy atom. The molecular formula is C19H28N2O2S. The van der Waals surface area contributed by atoms with Gasteiger partial charge in [-0.15, -0.1) is 11.8 Å². The Balaban J connectivity index is 1.29. The summed E-state index contributed by atoms with van der Waals surface area (Å²) >= 11 is 1.75. The lowest BCUT2D eigenvalue weighted by Gasteiger charge is -2.18. The van der Waals surface area contributed by atoms with Crippen molar-refractivity contribution in [2.24, 2.45) is 0 Å². The second kappa shape index (κ2) is 9.44. The molecule has 2 heterocycles. The molecule has 2 aliphatic rings. The molecule has 24 heavy (non-hydrogen) atoms. The molecule has 1 amide bonds. The monoisotopic (exact) mass is 348 g/mol. The highest BCUT2D eigenvalue weighted by atomic mass is 32.2. The number of benzene rings is 1. The first-order valence-electron chi connectivity index (χ1n) is 9.11. The summed E-state index contributed by atoms with van der Waals surface area (Å²) in [6, 6.07) is 10.3. The molecule has 5 heteroatoms. The smallest absolute Gasteiger partial charge is 0.223 e. The van der Waals surface area contributed by atoms with Gasteiger partial charge in [0.05, 0.1) is 12.7 Å². The van der Waals surface area contributed by atoms with E-state index in [2.05, 4.69) is 17.0 Å². The summed E-state index contributed by atoms with van der Waals surface area (Å²) in [6.45, 7) is 5.90. The fraction of sp³-hybridized carbons (Fsp3) is 0.632. The van der Waals surface area contributed by atoms with E-state index in [1.165, 1.54) is 30.8 Å². The van der Waals surface area contributed by atoms with Crippen LogP contribution in [0.2, 0.25) is 0 Å². The van der Waals surface area contributed by atoms with Crippen molar-refractivity contribution in [3.8, 4) is 0 Å². The van der Waals surface area contributed by atoms with Crippen LogP contribution in [0.3, 0.4) is 0 Å². The van der Waals surface area contributed by atoms with Gasteiger partial charge in [-0.3, -0.25) is 4.79 Å². The minimum absolute atomic E-state index is 0.235. The summed E-state index contributed by atoms with van der Waals surface area (Å²) in [6.07, 6.45) is 4.48. The minimum Gasteiger partial charge on any atom is -0.375 e. The third-order valence-corrected chi connectivity index (χ3v) is 5.80. The van der Waals surface area contributed by atoms with Gasteiger partial charge in [0.25, 0.3) is 0 Å². The number of rotatable bonds is 8. The standard InChI is InChI=1S/C19H28N2O2S/c22-19(9-15-24-18-6-2-1-3-7-18)21-12-8-17(16-21)23-14-13-20-10-4-5-11-20/h1-3,6-7,17H,4-5,8-16H2/t17-/m0/s1. The summed E-state index contributed by atoms with van der Waals surface area (Å²) in [7, 11) is 0. The molecule has 132 valence electrons. The number of hydrogen-bond acceptors (Lipinski definition) is 4. The number of nitrogens with zero attached hydrogens (tertiary/aromatic N) is 2. The van der Waals surface area contributed by atoms with Crippen LogP contribution in [0.5, 0.6) is 0 Å². The number of carbonyl (C=O) groups is 1. The van der Waals surface area contributed by atoms with Crippen molar-refractivity contribution in [3.05, 3.63) is 30.3 Å². The first-order valence-corrected chi connectivity index (χ1v) is 10.1. The average molecular weight is 349 g/mol. The predicted molar refractivity (Wildman–Crippen MR) is 98.4 cm³/mol. The maximum atomic E-state index is 12.3. The number of ether oxygens (including phenoxy) is 1. The number of thioether (sulfide) groups is 1. The van der Waals surface area contributed by atoms with Gasteiger partial charge in [0.2, 0.25) is 5.91 Å². The SMILES string of the molecule is O=C(CCSc1ccccc1)N1CC[C@H](OCCN2CCCC2)C1. The van der Waals surface area contributed by atoms with Crippen molar-refractivity contribution < 1.29 is 9.53 Å². The van der Waals surface area contributed by atoms with E-state index < -0.39 is 0 Å². The highest BCUT2D eigenvalue weighted by molar-refractivity contribution is 7.99. The Kier molecular flexibility index (Phi) is 6.99. The Bertz CT molecular complexity index is 505. The van der Waals surface area contributed by atoms with Crippen molar-refractivity contribution in [2.75, 3.05) is 45.1 Å². The van der Waals surface area contributed by atoms with Gasteiger partial charge >= 0.3 is 0 Å². The lowest BCUT2D eigenvalue weighted by atomic mass is 10.3. The molecule has 3 rings (SSSR count). The van der Waals surface area contributed by atoms with Crippen molar-refractivity contribution in [1.82, 2.24) is 9.80 Å². The Hall–Kier alpha value is -1.04. The third-order valence-electron chi connectivity index (χ3n) is 4.79. The summed E-state index contributed by atoms with van der Waals surface area (Å²) in [5, 5.41) is 0. The van der Waals surface area contributed by atoms with Gasteiger partial charge in [0, 0.05) is 36.7 Å². The lowest BCUT2D eigenvalue weighted by Crippen LogP contribution is -2.31. The maximum absolute atomic E-state index is 12.3. The largest absolute Gasteiger partial charge is 0.375 e. The Morgan fingerprint density at radius 1 is 1.17 bits per heavy atom. The molecule has 0 saturated carbocycles. The summed E-state index contributed by atoms with van der Waals surface area (Å²) in [4.78, 5) is 18.0. The zero-order valence-electron chi connectivity index (χ0n) is 14.4. The zero-order valence-corrected chi connectivity index (χ0v) is 15.2. The van der Waals surface area contributed by atoms with Crippen molar-refractivity contribution in [3.63, 3.8) is 0 Å². The molecule has 0 radical (unpaired) electrons.